The molecule has 0 spiro atoms. The molecular formula is C24H32N2O2. The minimum atomic E-state index is -0.473. The van der Waals surface area contributed by atoms with E-state index in [0.717, 1.165) is 16.7 Å². The first-order valence-corrected chi connectivity index (χ1v) is 10.0. The SMILES string of the molecule is CCNC(=O)C(CC)N(Cc1cccc(C)c1)C(=O)Cc1ccc(C)c(C)c1. The quantitative estimate of drug-likeness (QED) is 0.750. The molecule has 2 aromatic rings. The second-order valence-corrected chi connectivity index (χ2v) is 7.42. The van der Waals surface area contributed by atoms with E-state index in [0.29, 0.717) is 25.9 Å². The zero-order valence-corrected chi connectivity index (χ0v) is 17.7. The monoisotopic (exact) mass is 380 g/mol. The molecule has 0 aliphatic heterocycles. The lowest BCUT2D eigenvalue weighted by Gasteiger charge is -2.31. The van der Waals surface area contributed by atoms with Crippen LogP contribution in [0, 0.1) is 20.8 Å². The summed E-state index contributed by atoms with van der Waals surface area (Å²) >= 11 is 0. The highest BCUT2D eigenvalue weighted by molar-refractivity contribution is 5.88. The van der Waals surface area contributed by atoms with E-state index < -0.39 is 6.04 Å². The van der Waals surface area contributed by atoms with Crippen LogP contribution in [-0.4, -0.2) is 29.3 Å². The van der Waals surface area contributed by atoms with Gasteiger partial charge in [0, 0.05) is 13.1 Å². The van der Waals surface area contributed by atoms with E-state index in [2.05, 4.69) is 31.3 Å². The fraction of sp³-hybridized carbons (Fsp3) is 0.417. The molecule has 0 saturated heterocycles. The fourth-order valence-corrected chi connectivity index (χ4v) is 3.41. The van der Waals surface area contributed by atoms with Crippen LogP contribution < -0.4 is 5.32 Å². The van der Waals surface area contributed by atoms with E-state index in [1.807, 2.05) is 51.1 Å². The molecule has 2 amide bonds. The Kier molecular flexibility index (Phi) is 7.80. The van der Waals surface area contributed by atoms with Crippen LogP contribution in [0.25, 0.3) is 0 Å². The lowest BCUT2D eigenvalue weighted by Crippen LogP contribution is -2.49. The van der Waals surface area contributed by atoms with E-state index in [9.17, 15) is 9.59 Å². The Morgan fingerprint density at radius 3 is 2.32 bits per heavy atom. The first-order chi connectivity index (χ1) is 13.3. The van der Waals surface area contributed by atoms with Crippen molar-refractivity contribution in [3.63, 3.8) is 0 Å². The smallest absolute Gasteiger partial charge is 0.242 e. The van der Waals surface area contributed by atoms with Crippen LogP contribution in [0.5, 0.6) is 0 Å². The second kappa shape index (κ2) is 10.1. The third kappa shape index (κ3) is 5.69. The largest absolute Gasteiger partial charge is 0.355 e. The maximum atomic E-state index is 13.3. The molecule has 1 N–H and O–H groups in total. The van der Waals surface area contributed by atoms with Crippen molar-refractivity contribution >= 4 is 11.8 Å². The summed E-state index contributed by atoms with van der Waals surface area (Å²) in [6.45, 7) is 11.0. The van der Waals surface area contributed by atoms with Gasteiger partial charge in [-0.15, -0.1) is 0 Å². The van der Waals surface area contributed by atoms with Crippen LogP contribution in [0.4, 0.5) is 0 Å². The maximum absolute atomic E-state index is 13.3. The predicted octanol–water partition coefficient (Wildman–Crippen LogP) is 4.10. The van der Waals surface area contributed by atoms with Gasteiger partial charge in [0.2, 0.25) is 11.8 Å². The van der Waals surface area contributed by atoms with Crippen molar-refractivity contribution < 1.29 is 9.59 Å². The number of carbonyl (C=O) groups is 2. The Bertz CT molecular complexity index is 829. The van der Waals surface area contributed by atoms with Crippen molar-refractivity contribution in [3.8, 4) is 0 Å². The normalized spacial score (nSPS) is 11.8. The highest BCUT2D eigenvalue weighted by Crippen LogP contribution is 2.17. The van der Waals surface area contributed by atoms with Crippen molar-refractivity contribution in [2.24, 2.45) is 0 Å². The van der Waals surface area contributed by atoms with Crippen LogP contribution in [0.2, 0.25) is 0 Å². The Hall–Kier alpha value is -2.62. The predicted molar refractivity (Wildman–Crippen MR) is 114 cm³/mol. The molecular weight excluding hydrogens is 348 g/mol. The Morgan fingerprint density at radius 1 is 0.964 bits per heavy atom. The number of hydrogen-bond acceptors (Lipinski definition) is 2. The number of hydrogen-bond donors (Lipinski definition) is 1. The highest BCUT2D eigenvalue weighted by Gasteiger charge is 2.28. The highest BCUT2D eigenvalue weighted by atomic mass is 16.2. The third-order valence-electron chi connectivity index (χ3n) is 5.10. The number of aryl methyl sites for hydroxylation is 3. The Balaban J connectivity index is 2.30. The second-order valence-electron chi connectivity index (χ2n) is 7.42. The molecule has 0 saturated carbocycles. The summed E-state index contributed by atoms with van der Waals surface area (Å²) in [4.78, 5) is 27.6. The number of nitrogens with zero attached hydrogens (tertiary/aromatic N) is 1. The molecule has 0 aliphatic carbocycles. The van der Waals surface area contributed by atoms with Crippen LogP contribution in [0.1, 0.15) is 48.1 Å². The number of amides is 2. The van der Waals surface area contributed by atoms with Gasteiger partial charge in [0.25, 0.3) is 0 Å². The molecule has 0 aliphatic rings. The van der Waals surface area contributed by atoms with Gasteiger partial charge in [-0.2, -0.15) is 0 Å². The molecule has 1 atom stereocenters. The summed E-state index contributed by atoms with van der Waals surface area (Å²) in [5.74, 6) is -0.117. The average molecular weight is 381 g/mol. The molecule has 0 bridgehead atoms. The van der Waals surface area contributed by atoms with E-state index in [-0.39, 0.29) is 11.8 Å². The van der Waals surface area contributed by atoms with Gasteiger partial charge < -0.3 is 10.2 Å². The van der Waals surface area contributed by atoms with Gasteiger partial charge in [0.1, 0.15) is 6.04 Å². The summed E-state index contributed by atoms with van der Waals surface area (Å²) in [6, 6.07) is 13.7. The van der Waals surface area contributed by atoms with Gasteiger partial charge in [0.15, 0.2) is 0 Å². The zero-order chi connectivity index (χ0) is 20.7. The molecule has 150 valence electrons. The van der Waals surface area contributed by atoms with Crippen molar-refractivity contribution in [2.75, 3.05) is 6.54 Å². The number of carbonyl (C=O) groups excluding carboxylic acids is 2. The molecule has 2 rings (SSSR count). The summed E-state index contributed by atoms with van der Waals surface area (Å²) in [5.41, 5.74) is 5.54. The molecule has 4 nitrogen and oxygen atoms in total. The number of rotatable bonds is 8. The van der Waals surface area contributed by atoms with Gasteiger partial charge in [-0.1, -0.05) is 55.0 Å². The molecule has 0 heterocycles. The van der Waals surface area contributed by atoms with Gasteiger partial charge in [-0.25, -0.2) is 0 Å². The van der Waals surface area contributed by atoms with Crippen LogP contribution in [-0.2, 0) is 22.6 Å². The van der Waals surface area contributed by atoms with Crippen LogP contribution in [0.15, 0.2) is 42.5 Å². The van der Waals surface area contributed by atoms with Gasteiger partial charge in [0.05, 0.1) is 6.42 Å². The van der Waals surface area contributed by atoms with Crippen LogP contribution >= 0.6 is 0 Å². The first kappa shape index (κ1) is 21.7. The first-order valence-electron chi connectivity index (χ1n) is 10.0. The molecule has 28 heavy (non-hydrogen) atoms. The van der Waals surface area contributed by atoms with E-state index in [1.165, 1.54) is 11.1 Å². The number of likely N-dealkylation sites (N-methyl/N-ethyl adjacent to an activating group) is 1. The fourth-order valence-electron chi connectivity index (χ4n) is 3.41. The molecule has 2 aromatic carbocycles. The topological polar surface area (TPSA) is 49.4 Å². The zero-order valence-electron chi connectivity index (χ0n) is 17.7. The third-order valence-corrected chi connectivity index (χ3v) is 5.10. The Morgan fingerprint density at radius 2 is 1.71 bits per heavy atom. The van der Waals surface area contributed by atoms with E-state index >= 15 is 0 Å². The van der Waals surface area contributed by atoms with Gasteiger partial charge in [-0.3, -0.25) is 9.59 Å². The Labute approximate surface area is 169 Å². The number of nitrogens with one attached hydrogen (secondary N) is 1. The van der Waals surface area contributed by atoms with E-state index in [1.54, 1.807) is 4.90 Å². The van der Waals surface area contributed by atoms with Crippen molar-refractivity contribution in [2.45, 2.75) is 60.0 Å². The molecule has 1 unspecified atom stereocenters. The minimum absolute atomic E-state index is 0.0251. The van der Waals surface area contributed by atoms with Crippen molar-refractivity contribution in [1.29, 1.82) is 0 Å². The molecule has 0 fully saturated rings. The van der Waals surface area contributed by atoms with Gasteiger partial charge in [-0.05, 0) is 56.4 Å². The lowest BCUT2D eigenvalue weighted by molar-refractivity contribution is -0.140. The average Bonchev–Trinajstić information content (AvgIpc) is 2.65. The lowest BCUT2D eigenvalue weighted by atomic mass is 10.0. The van der Waals surface area contributed by atoms with Crippen molar-refractivity contribution in [3.05, 3.63) is 70.3 Å². The van der Waals surface area contributed by atoms with Crippen molar-refractivity contribution in [1.82, 2.24) is 10.2 Å². The standard InChI is InChI=1S/C24H32N2O2/c1-6-22(24(28)25-7-2)26(16-21-10-8-9-17(3)13-21)23(27)15-20-12-11-18(4)19(5)14-20/h8-14,22H,6-7,15-16H2,1-5H3,(H,25,28). The van der Waals surface area contributed by atoms with Gasteiger partial charge >= 0.3 is 0 Å². The summed E-state index contributed by atoms with van der Waals surface area (Å²) in [6.07, 6.45) is 0.874. The molecule has 4 heteroatoms. The number of benzene rings is 2. The molecule has 0 aromatic heterocycles. The van der Waals surface area contributed by atoms with E-state index in [4.69, 9.17) is 0 Å². The summed E-state index contributed by atoms with van der Waals surface area (Å²) in [5, 5.41) is 2.88. The minimum Gasteiger partial charge on any atom is -0.355 e. The summed E-state index contributed by atoms with van der Waals surface area (Å²) in [7, 11) is 0. The van der Waals surface area contributed by atoms with Crippen LogP contribution in [0.3, 0.4) is 0 Å². The maximum Gasteiger partial charge on any atom is 0.242 e. The summed E-state index contributed by atoms with van der Waals surface area (Å²) < 4.78 is 0. The molecule has 0 radical (unpaired) electrons.